The molecule has 3 heteroatoms. The Morgan fingerprint density at radius 1 is 1.22 bits per heavy atom. The second kappa shape index (κ2) is 6.17. The average molecular weight is 242 g/mol. The molecule has 0 unspecified atom stereocenters. The van der Waals surface area contributed by atoms with E-state index in [2.05, 4.69) is 22.4 Å². The summed E-state index contributed by atoms with van der Waals surface area (Å²) in [5.41, 5.74) is 3.51. The molecule has 0 atom stereocenters. The first-order chi connectivity index (χ1) is 8.83. The first-order valence-electron chi connectivity index (χ1n) is 6.04. The third-order valence-corrected chi connectivity index (χ3v) is 2.82. The molecule has 0 aliphatic carbocycles. The summed E-state index contributed by atoms with van der Waals surface area (Å²) < 4.78 is 5.35. The zero-order valence-corrected chi connectivity index (χ0v) is 10.8. The molecule has 0 radical (unpaired) electrons. The Morgan fingerprint density at radius 2 is 2.11 bits per heavy atom. The van der Waals surface area contributed by atoms with Gasteiger partial charge in [-0.3, -0.25) is 4.98 Å². The second-order valence-electron chi connectivity index (χ2n) is 4.17. The maximum Gasteiger partial charge on any atom is 0.123 e. The van der Waals surface area contributed by atoms with Gasteiger partial charge in [0.05, 0.1) is 7.11 Å². The summed E-state index contributed by atoms with van der Waals surface area (Å²) in [6.07, 6.45) is 2.68. The topological polar surface area (TPSA) is 34.2 Å². The van der Waals surface area contributed by atoms with Crippen molar-refractivity contribution >= 4 is 0 Å². The van der Waals surface area contributed by atoms with Gasteiger partial charge in [-0.2, -0.15) is 0 Å². The zero-order valence-electron chi connectivity index (χ0n) is 10.8. The minimum absolute atomic E-state index is 0.805. The first kappa shape index (κ1) is 12.6. The van der Waals surface area contributed by atoms with Gasteiger partial charge in [-0.25, -0.2) is 0 Å². The molecule has 0 amide bonds. The van der Waals surface area contributed by atoms with Crippen molar-refractivity contribution in [3.8, 4) is 5.75 Å². The first-order valence-corrected chi connectivity index (χ1v) is 6.04. The third-order valence-electron chi connectivity index (χ3n) is 2.82. The number of nitrogens with one attached hydrogen (secondary N) is 1. The fourth-order valence-electron chi connectivity index (χ4n) is 1.98. The van der Waals surface area contributed by atoms with Crippen molar-refractivity contribution in [1.82, 2.24) is 10.3 Å². The summed E-state index contributed by atoms with van der Waals surface area (Å²) in [4.78, 5) is 4.35. The number of rotatable bonds is 5. The van der Waals surface area contributed by atoms with E-state index in [1.165, 1.54) is 11.1 Å². The molecule has 94 valence electrons. The molecule has 2 aromatic rings. The lowest BCUT2D eigenvalue weighted by Gasteiger charge is -2.10. The normalized spacial score (nSPS) is 10.3. The van der Waals surface area contributed by atoms with E-state index in [1.54, 1.807) is 7.11 Å². The van der Waals surface area contributed by atoms with Crippen LogP contribution in [0.3, 0.4) is 0 Å². The summed E-state index contributed by atoms with van der Waals surface area (Å²) in [5, 5.41) is 3.15. The molecule has 1 aromatic heterocycles. The highest BCUT2D eigenvalue weighted by Crippen LogP contribution is 2.21. The van der Waals surface area contributed by atoms with E-state index in [1.807, 2.05) is 37.5 Å². The predicted molar refractivity (Wildman–Crippen MR) is 72.8 cm³/mol. The Balaban J connectivity index is 2.21. The smallest absolute Gasteiger partial charge is 0.123 e. The second-order valence-corrected chi connectivity index (χ2v) is 4.17. The van der Waals surface area contributed by atoms with Crippen molar-refractivity contribution in [1.29, 1.82) is 0 Å². The Bertz CT molecular complexity index is 497. The molecular formula is C15H18N2O. The lowest BCUT2D eigenvalue weighted by molar-refractivity contribution is 0.408. The van der Waals surface area contributed by atoms with E-state index in [-0.39, 0.29) is 0 Å². The molecule has 0 saturated heterocycles. The number of pyridine rings is 1. The molecule has 18 heavy (non-hydrogen) atoms. The zero-order chi connectivity index (χ0) is 12.8. The fourth-order valence-corrected chi connectivity index (χ4v) is 1.98. The molecule has 0 aliphatic rings. The van der Waals surface area contributed by atoms with Crippen molar-refractivity contribution in [2.45, 2.75) is 13.0 Å². The average Bonchev–Trinajstić information content (AvgIpc) is 2.41. The lowest BCUT2D eigenvalue weighted by atomic mass is 10.0. The standard InChI is InChI=1S/C15H18N2O/c1-16-11-13-9-12(6-7-15(13)18-2)10-14-5-3-4-8-17-14/h3-9,16H,10-11H2,1-2H3. The van der Waals surface area contributed by atoms with Gasteiger partial charge in [0.15, 0.2) is 0 Å². The highest BCUT2D eigenvalue weighted by atomic mass is 16.5. The Hall–Kier alpha value is -1.87. The summed E-state index contributed by atoms with van der Waals surface area (Å²) >= 11 is 0. The van der Waals surface area contributed by atoms with Crippen molar-refractivity contribution in [3.05, 3.63) is 59.4 Å². The summed E-state index contributed by atoms with van der Waals surface area (Å²) in [6.45, 7) is 0.805. The van der Waals surface area contributed by atoms with Gasteiger partial charge in [0, 0.05) is 30.4 Å². The minimum atomic E-state index is 0.805. The highest BCUT2D eigenvalue weighted by Gasteiger charge is 2.04. The van der Waals surface area contributed by atoms with Crippen LogP contribution < -0.4 is 10.1 Å². The number of hydrogen-bond donors (Lipinski definition) is 1. The van der Waals surface area contributed by atoms with Crippen LogP contribution >= 0.6 is 0 Å². The van der Waals surface area contributed by atoms with Crippen LogP contribution in [0.1, 0.15) is 16.8 Å². The number of aromatic nitrogens is 1. The maximum absolute atomic E-state index is 5.35. The molecule has 3 nitrogen and oxygen atoms in total. The van der Waals surface area contributed by atoms with Crippen LogP contribution in [0.15, 0.2) is 42.6 Å². The molecule has 0 saturated carbocycles. The predicted octanol–water partition coefficient (Wildman–Crippen LogP) is 2.40. The van der Waals surface area contributed by atoms with Gasteiger partial charge < -0.3 is 10.1 Å². The third kappa shape index (κ3) is 3.08. The number of nitrogens with zero attached hydrogens (tertiary/aromatic N) is 1. The van der Waals surface area contributed by atoms with Crippen LogP contribution in [0.25, 0.3) is 0 Å². The van der Waals surface area contributed by atoms with E-state index in [0.29, 0.717) is 0 Å². The lowest BCUT2D eigenvalue weighted by Crippen LogP contribution is -2.07. The van der Waals surface area contributed by atoms with E-state index >= 15 is 0 Å². The Labute approximate surface area is 108 Å². The highest BCUT2D eigenvalue weighted by molar-refractivity contribution is 5.38. The van der Waals surface area contributed by atoms with E-state index in [4.69, 9.17) is 4.74 Å². The van der Waals surface area contributed by atoms with Crippen molar-refractivity contribution in [2.24, 2.45) is 0 Å². The molecule has 0 bridgehead atoms. The number of ether oxygens (including phenoxy) is 1. The monoisotopic (exact) mass is 242 g/mol. The van der Waals surface area contributed by atoms with Crippen LogP contribution in [0, 0.1) is 0 Å². The van der Waals surface area contributed by atoms with E-state index in [9.17, 15) is 0 Å². The van der Waals surface area contributed by atoms with Gasteiger partial charge in [-0.15, -0.1) is 0 Å². The number of hydrogen-bond acceptors (Lipinski definition) is 3. The van der Waals surface area contributed by atoms with E-state index < -0.39 is 0 Å². The van der Waals surface area contributed by atoms with Crippen LogP contribution in [0.5, 0.6) is 5.75 Å². The van der Waals surface area contributed by atoms with Gasteiger partial charge in [0.25, 0.3) is 0 Å². The summed E-state index contributed by atoms with van der Waals surface area (Å²) in [6, 6.07) is 12.3. The molecule has 1 aromatic carbocycles. The van der Waals surface area contributed by atoms with Gasteiger partial charge in [0.2, 0.25) is 0 Å². The van der Waals surface area contributed by atoms with Gasteiger partial charge in [0.1, 0.15) is 5.75 Å². The van der Waals surface area contributed by atoms with Crippen LogP contribution in [-0.2, 0) is 13.0 Å². The summed E-state index contributed by atoms with van der Waals surface area (Å²) in [5.74, 6) is 0.925. The van der Waals surface area contributed by atoms with Crippen molar-refractivity contribution in [3.63, 3.8) is 0 Å². The Kier molecular flexibility index (Phi) is 4.31. The van der Waals surface area contributed by atoms with Gasteiger partial charge in [-0.05, 0) is 30.8 Å². The summed E-state index contributed by atoms with van der Waals surface area (Å²) in [7, 11) is 3.64. The molecule has 1 heterocycles. The fraction of sp³-hybridized carbons (Fsp3) is 0.267. The number of benzene rings is 1. The van der Waals surface area contributed by atoms with E-state index in [0.717, 1.165) is 24.4 Å². The van der Waals surface area contributed by atoms with Crippen molar-refractivity contribution < 1.29 is 4.74 Å². The molecular weight excluding hydrogens is 224 g/mol. The quantitative estimate of drug-likeness (QED) is 0.874. The van der Waals surface area contributed by atoms with Gasteiger partial charge >= 0.3 is 0 Å². The van der Waals surface area contributed by atoms with Crippen LogP contribution in [-0.4, -0.2) is 19.1 Å². The number of methoxy groups -OCH3 is 1. The molecule has 1 N–H and O–H groups in total. The van der Waals surface area contributed by atoms with Crippen LogP contribution in [0.4, 0.5) is 0 Å². The van der Waals surface area contributed by atoms with Crippen LogP contribution in [0.2, 0.25) is 0 Å². The SMILES string of the molecule is CNCc1cc(Cc2ccccn2)ccc1OC. The largest absolute Gasteiger partial charge is 0.496 e. The minimum Gasteiger partial charge on any atom is -0.496 e. The Morgan fingerprint density at radius 3 is 2.78 bits per heavy atom. The molecule has 0 fully saturated rings. The molecule has 0 spiro atoms. The molecule has 0 aliphatic heterocycles. The molecule has 2 rings (SSSR count). The maximum atomic E-state index is 5.35. The van der Waals surface area contributed by atoms with Crippen molar-refractivity contribution in [2.75, 3.05) is 14.2 Å². The van der Waals surface area contributed by atoms with Gasteiger partial charge in [-0.1, -0.05) is 18.2 Å².